The first-order valence-corrected chi connectivity index (χ1v) is 9.95. The third-order valence-electron chi connectivity index (χ3n) is 5.69. The molecule has 154 valence electrons. The Bertz CT molecular complexity index is 715. The van der Waals surface area contributed by atoms with Crippen LogP contribution in [0.4, 0.5) is 19.3 Å². The van der Waals surface area contributed by atoms with Gasteiger partial charge in [-0.15, -0.1) is 0 Å². The molecule has 3 rings (SSSR count). The molecule has 1 aliphatic carbocycles. The van der Waals surface area contributed by atoms with E-state index in [-0.39, 0.29) is 17.6 Å². The predicted molar refractivity (Wildman–Crippen MR) is 103 cm³/mol. The lowest BCUT2D eigenvalue weighted by molar-refractivity contribution is -0.130. The second kappa shape index (κ2) is 9.32. The maximum atomic E-state index is 13.6. The number of nitrogens with zero attached hydrogens (tertiary/aromatic N) is 1. The Morgan fingerprint density at radius 3 is 2.75 bits per heavy atom. The van der Waals surface area contributed by atoms with Crippen molar-refractivity contribution in [2.24, 2.45) is 5.92 Å². The monoisotopic (exact) mass is 394 g/mol. The van der Waals surface area contributed by atoms with Gasteiger partial charge >= 0.3 is 6.03 Å². The smallest absolute Gasteiger partial charge is 0.319 e. The maximum Gasteiger partial charge on any atom is 0.319 e. The number of hydrogen-bond donors (Lipinski definition) is 3. The van der Waals surface area contributed by atoms with Crippen molar-refractivity contribution in [1.82, 2.24) is 15.5 Å². The first kappa shape index (κ1) is 20.5. The molecule has 1 saturated carbocycles. The molecule has 1 aromatic carbocycles. The lowest BCUT2D eigenvalue weighted by Crippen LogP contribution is -2.42. The zero-order valence-corrected chi connectivity index (χ0v) is 16.1. The highest BCUT2D eigenvalue weighted by Crippen LogP contribution is 2.25. The molecule has 2 fully saturated rings. The average molecular weight is 394 g/mol. The topological polar surface area (TPSA) is 73.5 Å². The number of anilines is 1. The Morgan fingerprint density at radius 2 is 2.04 bits per heavy atom. The molecule has 1 aliphatic heterocycles. The summed E-state index contributed by atoms with van der Waals surface area (Å²) in [6.07, 6.45) is 4.95. The molecule has 3 atom stereocenters. The van der Waals surface area contributed by atoms with E-state index in [0.29, 0.717) is 25.0 Å². The van der Waals surface area contributed by atoms with Crippen molar-refractivity contribution < 1.29 is 18.4 Å². The van der Waals surface area contributed by atoms with Crippen LogP contribution in [0.2, 0.25) is 0 Å². The highest BCUT2D eigenvalue weighted by molar-refractivity contribution is 5.89. The van der Waals surface area contributed by atoms with Gasteiger partial charge in [-0.05, 0) is 57.1 Å². The number of rotatable bonds is 6. The number of amides is 3. The maximum absolute atomic E-state index is 13.6. The van der Waals surface area contributed by atoms with Gasteiger partial charge in [-0.1, -0.05) is 0 Å². The van der Waals surface area contributed by atoms with Crippen LogP contribution in [0, 0.1) is 17.6 Å². The minimum atomic E-state index is -0.808. The summed E-state index contributed by atoms with van der Waals surface area (Å²) in [6.45, 7) is 3.77. The molecule has 3 amide bonds. The van der Waals surface area contributed by atoms with Crippen LogP contribution in [-0.2, 0) is 4.79 Å². The van der Waals surface area contributed by atoms with Crippen molar-refractivity contribution in [1.29, 1.82) is 0 Å². The van der Waals surface area contributed by atoms with E-state index < -0.39 is 17.7 Å². The molecular formula is C20H28F2N4O2. The Kier molecular flexibility index (Phi) is 6.83. The van der Waals surface area contributed by atoms with Crippen LogP contribution >= 0.6 is 0 Å². The molecule has 1 saturated heterocycles. The first-order chi connectivity index (χ1) is 13.4. The van der Waals surface area contributed by atoms with E-state index in [0.717, 1.165) is 50.8 Å². The van der Waals surface area contributed by atoms with Gasteiger partial charge in [-0.25, -0.2) is 13.6 Å². The summed E-state index contributed by atoms with van der Waals surface area (Å²) < 4.78 is 26.5. The van der Waals surface area contributed by atoms with Gasteiger partial charge in [0.15, 0.2) is 0 Å². The van der Waals surface area contributed by atoms with Gasteiger partial charge in [0, 0.05) is 31.2 Å². The summed E-state index contributed by atoms with van der Waals surface area (Å²) in [5.41, 5.74) is -0.0560. The molecule has 1 aromatic rings. The molecular weight excluding hydrogens is 366 g/mol. The summed E-state index contributed by atoms with van der Waals surface area (Å²) in [7, 11) is 0. The van der Waals surface area contributed by atoms with E-state index in [4.69, 9.17) is 0 Å². The summed E-state index contributed by atoms with van der Waals surface area (Å²) in [5.74, 6) is -1.03. The highest BCUT2D eigenvalue weighted by Gasteiger charge is 2.28. The Morgan fingerprint density at radius 1 is 1.21 bits per heavy atom. The van der Waals surface area contributed by atoms with Crippen molar-refractivity contribution in [2.45, 2.75) is 51.1 Å². The molecule has 2 aliphatic rings. The molecule has 0 aromatic heterocycles. The number of nitrogens with one attached hydrogen (secondary N) is 3. The van der Waals surface area contributed by atoms with Crippen LogP contribution in [0.25, 0.3) is 0 Å². The summed E-state index contributed by atoms with van der Waals surface area (Å²) in [5, 5.41) is 8.47. The van der Waals surface area contributed by atoms with Crippen molar-refractivity contribution >= 4 is 17.6 Å². The Hall–Kier alpha value is -2.22. The molecule has 3 N–H and O–H groups in total. The quantitative estimate of drug-likeness (QED) is 0.695. The van der Waals surface area contributed by atoms with Gasteiger partial charge in [0.25, 0.3) is 0 Å². The van der Waals surface area contributed by atoms with Crippen LogP contribution in [0.5, 0.6) is 0 Å². The number of carbonyl (C=O) groups is 2. The minimum Gasteiger partial charge on any atom is -0.339 e. The fraction of sp³-hybridized carbons (Fsp3) is 0.600. The third kappa shape index (κ3) is 5.41. The normalized spacial score (nSPS) is 24.4. The molecule has 8 heteroatoms. The van der Waals surface area contributed by atoms with Crippen molar-refractivity contribution in [2.75, 3.05) is 25.0 Å². The Balaban J connectivity index is 1.35. The SMILES string of the molecule is C[C@@H]1CCCN1C(=O)CN[C@@H]1CC[C@H](CNC(=O)Nc2ccc(F)cc2F)C1. The zero-order valence-electron chi connectivity index (χ0n) is 16.1. The molecule has 0 radical (unpaired) electrons. The number of urea groups is 1. The highest BCUT2D eigenvalue weighted by atomic mass is 19.1. The molecule has 0 unspecified atom stereocenters. The van der Waals surface area contributed by atoms with Gasteiger partial charge in [-0.3, -0.25) is 4.79 Å². The Labute approximate surface area is 164 Å². The lowest BCUT2D eigenvalue weighted by atomic mass is 10.1. The summed E-state index contributed by atoms with van der Waals surface area (Å²) >= 11 is 0. The second-order valence-electron chi connectivity index (χ2n) is 7.79. The fourth-order valence-corrected chi connectivity index (χ4v) is 4.08. The van der Waals surface area contributed by atoms with Crippen LogP contribution in [0.1, 0.15) is 39.0 Å². The van der Waals surface area contributed by atoms with Crippen LogP contribution in [0.15, 0.2) is 18.2 Å². The predicted octanol–water partition coefficient (Wildman–Crippen LogP) is 2.86. The molecule has 1 heterocycles. The van der Waals surface area contributed by atoms with E-state index in [1.54, 1.807) is 0 Å². The lowest BCUT2D eigenvalue weighted by Gasteiger charge is -2.23. The van der Waals surface area contributed by atoms with Gasteiger partial charge in [0.2, 0.25) is 5.91 Å². The van der Waals surface area contributed by atoms with E-state index >= 15 is 0 Å². The zero-order chi connectivity index (χ0) is 20.1. The van der Waals surface area contributed by atoms with Crippen molar-refractivity contribution in [3.8, 4) is 0 Å². The summed E-state index contributed by atoms with van der Waals surface area (Å²) in [6, 6.07) is 3.10. The average Bonchev–Trinajstić information content (AvgIpc) is 3.29. The van der Waals surface area contributed by atoms with Gasteiger partial charge < -0.3 is 20.9 Å². The number of benzene rings is 1. The largest absolute Gasteiger partial charge is 0.339 e. The van der Waals surface area contributed by atoms with Crippen molar-refractivity contribution in [3.63, 3.8) is 0 Å². The second-order valence-corrected chi connectivity index (χ2v) is 7.79. The van der Waals surface area contributed by atoms with E-state index in [1.807, 2.05) is 4.90 Å². The number of halogens is 2. The van der Waals surface area contributed by atoms with Gasteiger partial charge in [0.1, 0.15) is 11.6 Å². The van der Waals surface area contributed by atoms with E-state index in [1.165, 1.54) is 6.07 Å². The van der Waals surface area contributed by atoms with E-state index in [2.05, 4.69) is 22.9 Å². The number of carbonyl (C=O) groups excluding carboxylic acids is 2. The van der Waals surface area contributed by atoms with Gasteiger partial charge in [-0.2, -0.15) is 0 Å². The van der Waals surface area contributed by atoms with Crippen molar-refractivity contribution in [3.05, 3.63) is 29.8 Å². The first-order valence-electron chi connectivity index (χ1n) is 9.95. The molecule has 0 spiro atoms. The molecule has 28 heavy (non-hydrogen) atoms. The van der Waals surface area contributed by atoms with Crippen LogP contribution < -0.4 is 16.0 Å². The third-order valence-corrected chi connectivity index (χ3v) is 5.69. The summed E-state index contributed by atoms with van der Waals surface area (Å²) in [4.78, 5) is 26.2. The van der Waals surface area contributed by atoms with Gasteiger partial charge in [0.05, 0.1) is 12.2 Å². The number of hydrogen-bond acceptors (Lipinski definition) is 3. The molecule has 0 bridgehead atoms. The minimum absolute atomic E-state index is 0.0560. The van der Waals surface area contributed by atoms with Crippen LogP contribution in [0.3, 0.4) is 0 Å². The molecule has 6 nitrogen and oxygen atoms in total. The number of likely N-dealkylation sites (tertiary alicyclic amines) is 1. The fourth-order valence-electron chi connectivity index (χ4n) is 4.08. The van der Waals surface area contributed by atoms with Crippen LogP contribution in [-0.4, -0.2) is 48.6 Å². The standard InChI is InChI=1S/C20H28F2N4O2/c1-13-3-2-8-26(13)19(27)12-23-16-6-4-14(9-16)11-24-20(28)25-18-7-5-15(21)10-17(18)22/h5,7,10,13-14,16,23H,2-4,6,8-9,11-12H2,1H3,(H2,24,25,28)/t13-,14+,16-/m1/s1. The van der Waals surface area contributed by atoms with E-state index in [9.17, 15) is 18.4 Å².